The molecule has 178 valence electrons. The number of rotatable bonds is 6. The summed E-state index contributed by atoms with van der Waals surface area (Å²) in [6.45, 7) is 0. The summed E-state index contributed by atoms with van der Waals surface area (Å²) in [5.74, 6) is 0.242. The second-order valence-corrected chi connectivity index (χ2v) is 10.1. The Morgan fingerprint density at radius 1 is 0.743 bits per heavy atom. The van der Waals surface area contributed by atoms with Gasteiger partial charge < -0.3 is 0 Å². The summed E-state index contributed by atoms with van der Waals surface area (Å²) in [5, 5.41) is 12.9. The maximum Gasteiger partial charge on any atom is 0.295 e. The summed E-state index contributed by atoms with van der Waals surface area (Å²) in [5.41, 5.74) is 4.39. The molecule has 0 amide bonds. The minimum Gasteiger partial charge on any atom is -0.282 e. The highest BCUT2D eigenvalue weighted by atomic mass is 32.2. The number of hydrogen-bond donors (Lipinski definition) is 3. The van der Waals surface area contributed by atoms with Crippen molar-refractivity contribution in [2.24, 2.45) is 15.3 Å². The first kappa shape index (κ1) is 24.2. The molecule has 0 heterocycles. The molecule has 10 nitrogen and oxygen atoms in total. The van der Waals surface area contributed by atoms with Gasteiger partial charge in [-0.25, -0.2) is 0 Å². The molecule has 0 aliphatic rings. The van der Waals surface area contributed by atoms with Crippen molar-refractivity contribution < 1.29 is 25.9 Å². The van der Waals surface area contributed by atoms with Gasteiger partial charge in [0.2, 0.25) is 5.84 Å². The first-order chi connectivity index (χ1) is 16.6. The van der Waals surface area contributed by atoms with Gasteiger partial charge in [0, 0.05) is 10.9 Å². The number of fused-ring (bicyclic) bond motifs is 1. The Labute approximate surface area is 201 Å². The van der Waals surface area contributed by atoms with Crippen molar-refractivity contribution in [1.29, 1.82) is 0 Å². The molecule has 0 bridgehead atoms. The van der Waals surface area contributed by atoms with Crippen LogP contribution in [0.15, 0.2) is 116 Å². The van der Waals surface area contributed by atoms with Crippen LogP contribution in [0.5, 0.6) is 0 Å². The number of hydrogen-bond acceptors (Lipinski definition) is 7. The predicted octanol–water partition coefficient (Wildman–Crippen LogP) is 4.89. The zero-order valence-electron chi connectivity index (χ0n) is 17.8. The Hall–Kier alpha value is -3.97. The number of hydrazone groups is 1. The Bertz CT molecular complexity index is 1650. The van der Waals surface area contributed by atoms with Crippen LogP contribution in [0.4, 0.5) is 11.4 Å². The summed E-state index contributed by atoms with van der Waals surface area (Å²) in [6.07, 6.45) is 0. The van der Waals surface area contributed by atoms with Crippen LogP contribution in [-0.4, -0.2) is 31.8 Å². The Balaban J connectivity index is 1.76. The zero-order valence-corrected chi connectivity index (χ0v) is 19.5. The standard InChI is InChI=1S/C23H18N4O6S2/c28-34(29,30)20-13-17-11-12-19(14-21(17)22(15-20)35(31,32)33)25-27-23(16-7-3-1-4-8-16)26-24-18-9-5-2-6-10-18/h1-15,25H,(H,28,29,30)(H,31,32,33). The van der Waals surface area contributed by atoms with Crippen molar-refractivity contribution in [2.45, 2.75) is 9.79 Å². The van der Waals surface area contributed by atoms with Gasteiger partial charge in [0.15, 0.2) is 0 Å². The average molecular weight is 511 g/mol. The molecule has 0 saturated carbocycles. The molecule has 0 saturated heterocycles. The maximum atomic E-state index is 11.9. The molecule has 4 aromatic rings. The number of azo groups is 1. The lowest BCUT2D eigenvalue weighted by Gasteiger charge is -2.09. The van der Waals surface area contributed by atoms with E-state index >= 15 is 0 Å². The Morgan fingerprint density at radius 3 is 2.03 bits per heavy atom. The van der Waals surface area contributed by atoms with E-state index < -0.39 is 30.0 Å². The normalized spacial score (nSPS) is 12.8. The van der Waals surface area contributed by atoms with Gasteiger partial charge in [0.1, 0.15) is 4.90 Å². The van der Waals surface area contributed by atoms with Crippen LogP contribution in [0.25, 0.3) is 10.8 Å². The molecule has 0 aliphatic heterocycles. The van der Waals surface area contributed by atoms with E-state index in [9.17, 15) is 25.9 Å². The lowest BCUT2D eigenvalue weighted by Crippen LogP contribution is -2.05. The first-order valence-corrected chi connectivity index (χ1v) is 12.9. The maximum absolute atomic E-state index is 11.9. The molecule has 0 radical (unpaired) electrons. The number of anilines is 1. The van der Waals surface area contributed by atoms with Crippen LogP contribution >= 0.6 is 0 Å². The monoisotopic (exact) mass is 510 g/mol. The van der Waals surface area contributed by atoms with E-state index in [1.165, 1.54) is 18.2 Å². The van der Waals surface area contributed by atoms with E-state index in [4.69, 9.17) is 0 Å². The van der Waals surface area contributed by atoms with Crippen molar-refractivity contribution in [3.05, 3.63) is 96.6 Å². The van der Waals surface area contributed by atoms with Gasteiger partial charge in [0.05, 0.1) is 16.3 Å². The van der Waals surface area contributed by atoms with Crippen LogP contribution in [-0.2, 0) is 20.2 Å². The lowest BCUT2D eigenvalue weighted by molar-refractivity contribution is 0.482. The smallest absolute Gasteiger partial charge is 0.282 e. The largest absolute Gasteiger partial charge is 0.295 e. The predicted molar refractivity (Wildman–Crippen MR) is 131 cm³/mol. The molecule has 0 fully saturated rings. The van der Waals surface area contributed by atoms with Crippen LogP contribution in [0.3, 0.4) is 0 Å². The van der Waals surface area contributed by atoms with Gasteiger partial charge in [-0.05, 0) is 41.8 Å². The molecule has 35 heavy (non-hydrogen) atoms. The van der Waals surface area contributed by atoms with E-state index in [1.807, 2.05) is 36.4 Å². The van der Waals surface area contributed by atoms with Crippen LogP contribution in [0.1, 0.15) is 5.56 Å². The Kier molecular flexibility index (Phi) is 6.71. The van der Waals surface area contributed by atoms with E-state index in [0.29, 0.717) is 23.0 Å². The van der Waals surface area contributed by atoms with Crippen molar-refractivity contribution >= 4 is 48.2 Å². The highest BCUT2D eigenvalue weighted by Gasteiger charge is 2.20. The average Bonchev–Trinajstić information content (AvgIpc) is 2.83. The number of amidine groups is 1. The summed E-state index contributed by atoms with van der Waals surface area (Å²) < 4.78 is 65.8. The van der Waals surface area contributed by atoms with Gasteiger partial charge in [0.25, 0.3) is 20.2 Å². The van der Waals surface area contributed by atoms with Crippen molar-refractivity contribution in [2.75, 3.05) is 5.43 Å². The van der Waals surface area contributed by atoms with Crippen LogP contribution < -0.4 is 5.43 Å². The van der Waals surface area contributed by atoms with Crippen molar-refractivity contribution in [3.63, 3.8) is 0 Å². The molecular formula is C23H18N4O6S2. The van der Waals surface area contributed by atoms with Gasteiger partial charge >= 0.3 is 0 Å². The van der Waals surface area contributed by atoms with Crippen LogP contribution in [0.2, 0.25) is 0 Å². The van der Waals surface area contributed by atoms with Gasteiger partial charge in [-0.15, -0.1) is 10.2 Å². The topological polar surface area (TPSA) is 158 Å². The van der Waals surface area contributed by atoms with Gasteiger partial charge in [-0.2, -0.15) is 21.9 Å². The number of benzene rings is 4. The van der Waals surface area contributed by atoms with Gasteiger partial charge in [-0.3, -0.25) is 14.5 Å². The SMILES string of the molecule is O=S(=O)(O)c1cc(S(=O)(=O)O)c2cc(NN=C(N=Nc3ccccc3)c3ccccc3)ccc2c1. The highest BCUT2D eigenvalue weighted by molar-refractivity contribution is 7.86. The second-order valence-electron chi connectivity index (χ2n) is 7.26. The first-order valence-electron chi connectivity index (χ1n) is 10.00. The van der Waals surface area contributed by atoms with Crippen LogP contribution in [0, 0.1) is 0 Å². The molecule has 0 spiro atoms. The molecule has 0 unspecified atom stereocenters. The van der Waals surface area contributed by atoms with E-state index in [1.54, 1.807) is 24.3 Å². The summed E-state index contributed by atoms with van der Waals surface area (Å²) >= 11 is 0. The second kappa shape index (κ2) is 9.72. The molecule has 3 N–H and O–H groups in total. The number of nitrogens with one attached hydrogen (secondary N) is 1. The third-order valence-electron chi connectivity index (χ3n) is 4.80. The third-order valence-corrected chi connectivity index (χ3v) is 6.53. The molecule has 0 aliphatic carbocycles. The summed E-state index contributed by atoms with van der Waals surface area (Å²) in [6, 6.07) is 24.2. The van der Waals surface area contributed by atoms with Gasteiger partial charge in [-0.1, -0.05) is 54.6 Å². The summed E-state index contributed by atoms with van der Waals surface area (Å²) in [7, 11) is -9.52. The minimum atomic E-state index is -4.82. The molecule has 0 aromatic heterocycles. The third kappa shape index (κ3) is 5.94. The van der Waals surface area contributed by atoms with E-state index in [0.717, 1.165) is 6.07 Å². The van der Waals surface area contributed by atoms with E-state index in [-0.39, 0.29) is 16.6 Å². The quantitative estimate of drug-likeness (QED) is 0.109. The highest BCUT2D eigenvalue weighted by Crippen LogP contribution is 2.29. The summed E-state index contributed by atoms with van der Waals surface area (Å²) in [4.78, 5) is -1.34. The Morgan fingerprint density at radius 2 is 1.40 bits per heavy atom. The lowest BCUT2D eigenvalue weighted by atomic mass is 10.1. The molecule has 0 atom stereocenters. The zero-order chi connectivity index (χ0) is 25.1. The number of nitrogens with zero attached hydrogens (tertiary/aromatic N) is 3. The molecular weight excluding hydrogens is 492 g/mol. The molecule has 12 heteroatoms. The van der Waals surface area contributed by atoms with Crippen molar-refractivity contribution in [1.82, 2.24) is 0 Å². The fraction of sp³-hybridized carbons (Fsp3) is 0. The molecule has 4 aromatic carbocycles. The fourth-order valence-electron chi connectivity index (χ4n) is 3.18. The van der Waals surface area contributed by atoms with E-state index in [2.05, 4.69) is 20.8 Å². The minimum absolute atomic E-state index is 0.0206. The molecule has 4 rings (SSSR count). The fourth-order valence-corrected chi connectivity index (χ4v) is 4.53. The van der Waals surface area contributed by atoms with Crippen molar-refractivity contribution in [3.8, 4) is 0 Å².